The number of aromatic nitrogens is 2. The third-order valence-corrected chi connectivity index (χ3v) is 4.70. The van der Waals surface area contributed by atoms with Crippen LogP contribution in [0.25, 0.3) is 22.3 Å². The third-order valence-electron chi connectivity index (χ3n) is 4.70. The van der Waals surface area contributed by atoms with Crippen LogP contribution in [0.1, 0.15) is 5.56 Å². The Morgan fingerprint density at radius 3 is 2.67 bits per heavy atom. The van der Waals surface area contributed by atoms with Crippen LogP contribution >= 0.6 is 12.4 Å². The number of anilines is 1. The molecule has 0 amide bonds. The number of hydrogen-bond donors (Lipinski definition) is 1. The van der Waals surface area contributed by atoms with E-state index in [1.807, 2.05) is 18.2 Å². The van der Waals surface area contributed by atoms with Crippen LogP contribution in [0.15, 0.2) is 48.5 Å². The van der Waals surface area contributed by atoms with Crippen molar-refractivity contribution in [2.75, 3.05) is 44.7 Å². The van der Waals surface area contributed by atoms with Crippen LogP contribution in [-0.2, 0) is 4.74 Å². The molecule has 0 bridgehead atoms. The summed E-state index contributed by atoms with van der Waals surface area (Å²) in [5, 5.41) is 4.59. The molecule has 0 radical (unpaired) electrons. The third kappa shape index (κ3) is 4.75. The van der Waals surface area contributed by atoms with Crippen molar-refractivity contribution >= 4 is 29.1 Å². The molecule has 2 aromatic carbocycles. The molecular formula is C21H25ClN4O. The summed E-state index contributed by atoms with van der Waals surface area (Å²) < 4.78 is 5.41. The number of aryl methyl sites for hydroxylation is 1. The van der Waals surface area contributed by atoms with Gasteiger partial charge in [-0.25, -0.2) is 9.97 Å². The van der Waals surface area contributed by atoms with Crippen LogP contribution in [0.3, 0.4) is 0 Å². The van der Waals surface area contributed by atoms with E-state index >= 15 is 0 Å². The van der Waals surface area contributed by atoms with Crippen molar-refractivity contribution in [3.8, 4) is 11.4 Å². The predicted molar refractivity (Wildman–Crippen MR) is 113 cm³/mol. The van der Waals surface area contributed by atoms with E-state index in [4.69, 9.17) is 14.7 Å². The first-order valence-corrected chi connectivity index (χ1v) is 9.17. The molecule has 0 spiro atoms. The topological polar surface area (TPSA) is 50.3 Å². The molecule has 0 unspecified atom stereocenters. The van der Waals surface area contributed by atoms with Crippen LogP contribution in [0.2, 0.25) is 0 Å². The minimum Gasteiger partial charge on any atom is -0.379 e. The number of para-hydroxylation sites is 1. The number of hydrogen-bond acceptors (Lipinski definition) is 5. The average molecular weight is 385 g/mol. The first kappa shape index (κ1) is 19.5. The molecular weight excluding hydrogens is 360 g/mol. The Kier molecular flexibility index (Phi) is 6.61. The second-order valence-corrected chi connectivity index (χ2v) is 6.66. The number of morpholine rings is 1. The molecule has 27 heavy (non-hydrogen) atoms. The zero-order chi connectivity index (χ0) is 17.8. The summed E-state index contributed by atoms with van der Waals surface area (Å²) in [7, 11) is 0. The fourth-order valence-electron chi connectivity index (χ4n) is 3.28. The lowest BCUT2D eigenvalue weighted by molar-refractivity contribution is 0.0398. The van der Waals surface area contributed by atoms with Crippen LogP contribution in [0.4, 0.5) is 5.82 Å². The Morgan fingerprint density at radius 1 is 1.04 bits per heavy atom. The molecule has 0 atom stereocenters. The van der Waals surface area contributed by atoms with E-state index in [1.54, 1.807) is 0 Å². The van der Waals surface area contributed by atoms with Crippen LogP contribution in [0.5, 0.6) is 0 Å². The van der Waals surface area contributed by atoms with Gasteiger partial charge in [-0.05, 0) is 25.1 Å². The standard InChI is InChI=1S/C21H24N4O.ClH/c1-16-5-4-6-17(15-16)20-23-19-8-3-2-7-18(19)21(24-20)22-9-10-25-11-13-26-14-12-25;/h2-8,15H,9-14H2,1H3,(H,22,23,24);1H. The average Bonchev–Trinajstić information content (AvgIpc) is 2.68. The van der Waals surface area contributed by atoms with Gasteiger partial charge >= 0.3 is 0 Å². The van der Waals surface area contributed by atoms with E-state index in [9.17, 15) is 0 Å². The van der Waals surface area contributed by atoms with Gasteiger partial charge in [-0.1, -0.05) is 35.9 Å². The minimum absolute atomic E-state index is 0. The van der Waals surface area contributed by atoms with Gasteiger partial charge in [0.05, 0.1) is 18.7 Å². The van der Waals surface area contributed by atoms with Gasteiger partial charge in [-0.2, -0.15) is 0 Å². The quantitative estimate of drug-likeness (QED) is 0.725. The van der Waals surface area contributed by atoms with Gasteiger partial charge in [0.25, 0.3) is 0 Å². The molecule has 142 valence electrons. The minimum atomic E-state index is 0. The van der Waals surface area contributed by atoms with E-state index in [1.165, 1.54) is 5.56 Å². The molecule has 1 N–H and O–H groups in total. The predicted octanol–water partition coefficient (Wildman–Crippen LogP) is 3.77. The van der Waals surface area contributed by atoms with Gasteiger partial charge in [0.2, 0.25) is 0 Å². The zero-order valence-electron chi connectivity index (χ0n) is 15.5. The van der Waals surface area contributed by atoms with Crippen LogP contribution in [-0.4, -0.2) is 54.3 Å². The van der Waals surface area contributed by atoms with Gasteiger partial charge in [0.15, 0.2) is 5.82 Å². The molecule has 6 heteroatoms. The molecule has 2 heterocycles. The first-order valence-electron chi connectivity index (χ1n) is 9.17. The van der Waals surface area contributed by atoms with Crippen LogP contribution in [0, 0.1) is 6.92 Å². The number of nitrogens with zero attached hydrogens (tertiary/aromatic N) is 3. The number of rotatable bonds is 5. The van der Waals surface area contributed by atoms with E-state index in [0.29, 0.717) is 0 Å². The van der Waals surface area contributed by atoms with Gasteiger partial charge < -0.3 is 10.1 Å². The second-order valence-electron chi connectivity index (χ2n) is 6.66. The van der Waals surface area contributed by atoms with E-state index < -0.39 is 0 Å². The summed E-state index contributed by atoms with van der Waals surface area (Å²) in [6.07, 6.45) is 0. The smallest absolute Gasteiger partial charge is 0.162 e. The van der Waals surface area contributed by atoms with Gasteiger partial charge in [-0.3, -0.25) is 4.90 Å². The summed E-state index contributed by atoms with van der Waals surface area (Å²) in [6.45, 7) is 7.59. The molecule has 1 fully saturated rings. The molecule has 1 aliphatic heterocycles. The highest BCUT2D eigenvalue weighted by Crippen LogP contribution is 2.25. The van der Waals surface area contributed by atoms with Crippen LogP contribution < -0.4 is 5.32 Å². The first-order chi connectivity index (χ1) is 12.8. The summed E-state index contributed by atoms with van der Waals surface area (Å²) >= 11 is 0. The van der Waals surface area contributed by atoms with Crippen molar-refractivity contribution in [1.29, 1.82) is 0 Å². The Labute approximate surface area is 166 Å². The van der Waals surface area contributed by atoms with Crippen molar-refractivity contribution in [3.05, 3.63) is 54.1 Å². The second kappa shape index (κ2) is 9.13. The van der Waals surface area contributed by atoms with E-state index in [-0.39, 0.29) is 12.4 Å². The Balaban J connectivity index is 0.00000210. The SMILES string of the molecule is Cc1cccc(-c2nc(NCCN3CCOCC3)c3ccccc3n2)c1.Cl. The molecule has 3 aromatic rings. The van der Waals surface area contributed by atoms with Crippen molar-refractivity contribution in [3.63, 3.8) is 0 Å². The van der Waals surface area contributed by atoms with E-state index in [2.05, 4.69) is 47.5 Å². The Bertz CT molecular complexity index is 896. The maximum atomic E-state index is 5.41. The van der Waals surface area contributed by atoms with Gasteiger partial charge in [-0.15, -0.1) is 12.4 Å². The molecule has 1 aliphatic rings. The maximum absolute atomic E-state index is 5.41. The largest absolute Gasteiger partial charge is 0.379 e. The Hall–Kier alpha value is -2.21. The molecule has 1 aromatic heterocycles. The molecule has 0 saturated carbocycles. The molecule has 5 nitrogen and oxygen atoms in total. The fraction of sp³-hybridized carbons (Fsp3) is 0.333. The normalized spacial score (nSPS) is 14.7. The highest BCUT2D eigenvalue weighted by atomic mass is 35.5. The van der Waals surface area contributed by atoms with Gasteiger partial charge in [0, 0.05) is 37.1 Å². The number of halogens is 1. The summed E-state index contributed by atoms with van der Waals surface area (Å²) in [4.78, 5) is 12.0. The fourth-order valence-corrected chi connectivity index (χ4v) is 3.28. The lowest BCUT2D eigenvalue weighted by Crippen LogP contribution is -2.39. The number of ether oxygens (including phenoxy) is 1. The van der Waals surface area contributed by atoms with Crippen molar-refractivity contribution in [2.24, 2.45) is 0 Å². The Morgan fingerprint density at radius 2 is 1.85 bits per heavy atom. The lowest BCUT2D eigenvalue weighted by atomic mass is 10.1. The monoisotopic (exact) mass is 384 g/mol. The summed E-state index contributed by atoms with van der Waals surface area (Å²) in [5.41, 5.74) is 3.22. The number of nitrogens with one attached hydrogen (secondary N) is 1. The number of benzene rings is 2. The highest BCUT2D eigenvalue weighted by molar-refractivity contribution is 5.90. The van der Waals surface area contributed by atoms with Crippen molar-refractivity contribution in [2.45, 2.75) is 6.92 Å². The van der Waals surface area contributed by atoms with Gasteiger partial charge in [0.1, 0.15) is 5.82 Å². The lowest BCUT2D eigenvalue weighted by Gasteiger charge is -2.26. The maximum Gasteiger partial charge on any atom is 0.162 e. The summed E-state index contributed by atoms with van der Waals surface area (Å²) in [6, 6.07) is 16.5. The zero-order valence-corrected chi connectivity index (χ0v) is 16.3. The molecule has 0 aliphatic carbocycles. The number of fused-ring (bicyclic) bond motifs is 1. The summed E-state index contributed by atoms with van der Waals surface area (Å²) in [5.74, 6) is 1.67. The van der Waals surface area contributed by atoms with Crippen molar-refractivity contribution in [1.82, 2.24) is 14.9 Å². The molecule has 1 saturated heterocycles. The van der Waals surface area contributed by atoms with Crippen molar-refractivity contribution < 1.29 is 4.74 Å². The molecule has 4 rings (SSSR count). The highest BCUT2D eigenvalue weighted by Gasteiger charge is 2.12. The van der Waals surface area contributed by atoms with E-state index in [0.717, 1.165) is 67.5 Å².